The molecule has 1 atom stereocenters. The molecule has 0 spiro atoms. The van der Waals surface area contributed by atoms with Crippen LogP contribution in [-0.4, -0.2) is 28.0 Å². The lowest BCUT2D eigenvalue weighted by Crippen LogP contribution is -2.18. The summed E-state index contributed by atoms with van der Waals surface area (Å²) in [6.07, 6.45) is 8.68. The summed E-state index contributed by atoms with van der Waals surface area (Å²) in [4.78, 5) is 17.0. The zero-order valence-electron chi connectivity index (χ0n) is 19.7. The van der Waals surface area contributed by atoms with Crippen molar-refractivity contribution in [3.63, 3.8) is 0 Å². The second kappa shape index (κ2) is 12.6. The Morgan fingerprint density at radius 2 is 2.06 bits per heavy atom. The molecule has 3 aromatic rings. The van der Waals surface area contributed by atoms with Gasteiger partial charge in [0.25, 0.3) is 0 Å². The summed E-state index contributed by atoms with van der Waals surface area (Å²) in [7, 11) is 0. The fourth-order valence-corrected chi connectivity index (χ4v) is 5.18. The highest BCUT2D eigenvalue weighted by atomic mass is 32.1. The molecule has 3 heterocycles. The van der Waals surface area contributed by atoms with Crippen molar-refractivity contribution in [3.8, 4) is 10.6 Å². The zero-order valence-corrected chi connectivity index (χ0v) is 21.4. The van der Waals surface area contributed by atoms with Crippen LogP contribution in [-0.2, 0) is 13.0 Å². The molecule has 0 aliphatic rings. The van der Waals surface area contributed by atoms with Gasteiger partial charge in [-0.15, -0.1) is 22.7 Å². The minimum Gasteiger partial charge on any atom is -0.369 e. The van der Waals surface area contributed by atoms with Gasteiger partial charge in [-0.1, -0.05) is 44.2 Å². The maximum Gasteiger partial charge on any atom is 0.225 e. The normalized spacial score (nSPS) is 12.2. The molecule has 0 bridgehead atoms. The molecule has 0 aliphatic carbocycles. The smallest absolute Gasteiger partial charge is 0.225 e. The molecule has 33 heavy (non-hydrogen) atoms. The number of hydrogen-bond acceptors (Lipinski definition) is 8. The van der Waals surface area contributed by atoms with Crippen LogP contribution in [0.2, 0.25) is 0 Å². The van der Waals surface area contributed by atoms with E-state index >= 15 is 0 Å². The van der Waals surface area contributed by atoms with Crippen LogP contribution in [0.1, 0.15) is 40.9 Å². The summed E-state index contributed by atoms with van der Waals surface area (Å²) in [6, 6.07) is 4.16. The summed E-state index contributed by atoms with van der Waals surface area (Å²) in [5, 5.41) is 9.96. The van der Waals surface area contributed by atoms with Gasteiger partial charge in [0, 0.05) is 22.7 Å². The molecule has 0 aromatic carbocycles. The van der Waals surface area contributed by atoms with E-state index in [9.17, 15) is 0 Å². The lowest BCUT2D eigenvalue weighted by molar-refractivity contribution is 0.494. The predicted molar refractivity (Wildman–Crippen MR) is 143 cm³/mol. The van der Waals surface area contributed by atoms with E-state index < -0.39 is 0 Å². The van der Waals surface area contributed by atoms with Crippen LogP contribution in [0.25, 0.3) is 10.6 Å². The molecule has 6 nitrogen and oxygen atoms in total. The van der Waals surface area contributed by atoms with Crippen molar-refractivity contribution in [2.24, 2.45) is 11.7 Å². The Kier molecular flexibility index (Phi) is 9.60. The molecule has 3 rings (SSSR count). The fraction of sp³-hybridized carbons (Fsp3) is 0.400. The van der Waals surface area contributed by atoms with Crippen molar-refractivity contribution in [1.29, 1.82) is 0 Å². The Labute approximate surface area is 205 Å². The summed E-state index contributed by atoms with van der Waals surface area (Å²) < 4.78 is 0. The second-order valence-electron chi connectivity index (χ2n) is 7.90. The van der Waals surface area contributed by atoms with Crippen LogP contribution in [0.3, 0.4) is 0 Å². The average molecular weight is 483 g/mol. The highest BCUT2D eigenvalue weighted by Gasteiger charge is 2.19. The first kappa shape index (κ1) is 25.1. The first-order valence-corrected chi connectivity index (χ1v) is 13.1. The van der Waals surface area contributed by atoms with E-state index in [4.69, 9.17) is 20.7 Å². The number of rotatable bonds is 13. The summed E-state index contributed by atoms with van der Waals surface area (Å²) in [5.74, 6) is 1.95. The highest BCUT2D eigenvalue weighted by molar-refractivity contribution is 7.15. The Morgan fingerprint density at radius 1 is 1.21 bits per heavy atom. The summed E-state index contributed by atoms with van der Waals surface area (Å²) in [5.41, 5.74) is 8.87. The van der Waals surface area contributed by atoms with Crippen molar-refractivity contribution < 1.29 is 0 Å². The largest absolute Gasteiger partial charge is 0.369 e. The van der Waals surface area contributed by atoms with Crippen molar-refractivity contribution >= 4 is 34.4 Å². The first-order chi connectivity index (χ1) is 16.0. The van der Waals surface area contributed by atoms with Gasteiger partial charge in [0.1, 0.15) is 10.8 Å². The third-order valence-corrected chi connectivity index (χ3v) is 7.44. The molecule has 3 aromatic heterocycles. The number of nitrogens with two attached hydrogens (primary N) is 1. The third kappa shape index (κ3) is 6.96. The molecular weight excluding hydrogens is 448 g/mol. The van der Waals surface area contributed by atoms with E-state index in [1.54, 1.807) is 28.7 Å². The van der Waals surface area contributed by atoms with Crippen LogP contribution >= 0.6 is 22.7 Å². The van der Waals surface area contributed by atoms with Gasteiger partial charge in [0.05, 0.1) is 23.5 Å². The number of aromatic nitrogens is 3. The van der Waals surface area contributed by atoms with Gasteiger partial charge < -0.3 is 16.4 Å². The van der Waals surface area contributed by atoms with Crippen LogP contribution in [0.4, 0.5) is 11.8 Å². The second-order valence-corrected chi connectivity index (χ2v) is 10.1. The lowest BCUT2D eigenvalue weighted by atomic mass is 10.0. The molecule has 176 valence electrons. The van der Waals surface area contributed by atoms with Gasteiger partial charge in [-0.2, -0.15) is 4.98 Å². The summed E-state index contributed by atoms with van der Waals surface area (Å²) >= 11 is 3.41. The van der Waals surface area contributed by atoms with Gasteiger partial charge >= 0.3 is 0 Å². The Hall–Kier alpha value is -2.55. The van der Waals surface area contributed by atoms with E-state index in [0.29, 0.717) is 25.0 Å². The quantitative estimate of drug-likeness (QED) is 0.260. The Balaban J connectivity index is 1.89. The number of thiazole rings is 1. The van der Waals surface area contributed by atoms with Crippen LogP contribution in [0, 0.1) is 19.8 Å². The number of aryl methyl sites for hydroxylation is 2. The van der Waals surface area contributed by atoms with E-state index in [1.165, 1.54) is 9.75 Å². The van der Waals surface area contributed by atoms with E-state index in [0.717, 1.165) is 53.6 Å². The zero-order chi connectivity index (χ0) is 23.6. The van der Waals surface area contributed by atoms with Gasteiger partial charge in [-0.05, 0) is 44.2 Å². The van der Waals surface area contributed by atoms with Crippen molar-refractivity contribution in [2.45, 2.75) is 46.6 Å². The average Bonchev–Trinajstić information content (AvgIpc) is 3.45. The molecule has 0 aliphatic heterocycles. The molecule has 8 heteroatoms. The monoisotopic (exact) mass is 482 g/mol. The topological polar surface area (TPSA) is 88.8 Å². The molecule has 4 N–H and O–H groups in total. The number of allylic oxidation sites excluding steroid dienone is 3. The standard InChI is InChI=1S/C25H34N6S2/c1-5-7-8-11-21-18(4)33-24(30-21)22-17(3)29-25(28-16-20-10-9-14-32-20)31-23(22)27-13-12-19(6-2)15-26/h5,7-10,14,19H,1,6,11-13,15-16,26H2,2-4H3,(H2,27,28,29,31)/b8-7-. The minimum absolute atomic E-state index is 0.505. The van der Waals surface area contributed by atoms with Gasteiger partial charge in [0.15, 0.2) is 0 Å². The highest BCUT2D eigenvalue weighted by Crippen LogP contribution is 2.35. The number of hydrogen-bond donors (Lipinski definition) is 3. The van der Waals surface area contributed by atoms with Crippen molar-refractivity contribution in [1.82, 2.24) is 15.0 Å². The van der Waals surface area contributed by atoms with E-state index in [-0.39, 0.29) is 0 Å². The number of thiophene rings is 1. The van der Waals surface area contributed by atoms with E-state index in [2.05, 4.69) is 54.6 Å². The maximum atomic E-state index is 5.90. The fourth-order valence-electron chi connectivity index (χ4n) is 3.50. The predicted octanol–water partition coefficient (Wildman–Crippen LogP) is 5.96. The molecule has 1 unspecified atom stereocenters. The summed E-state index contributed by atoms with van der Waals surface area (Å²) in [6.45, 7) is 12.3. The van der Waals surface area contributed by atoms with Crippen molar-refractivity contribution in [3.05, 3.63) is 63.5 Å². The lowest BCUT2D eigenvalue weighted by Gasteiger charge is -2.16. The Bertz CT molecular complexity index is 1050. The first-order valence-electron chi connectivity index (χ1n) is 11.4. The number of anilines is 2. The molecule has 0 amide bonds. The van der Waals surface area contributed by atoms with Crippen LogP contribution in [0.15, 0.2) is 42.3 Å². The molecule has 0 saturated carbocycles. The van der Waals surface area contributed by atoms with Crippen LogP contribution < -0.4 is 16.4 Å². The molecule has 0 radical (unpaired) electrons. The number of nitrogens with zero attached hydrogens (tertiary/aromatic N) is 3. The SMILES string of the molecule is C=C/C=C\Cc1nc(-c2c(C)nc(NCc3cccs3)nc2NCCC(CC)CN)sc1C. The van der Waals surface area contributed by atoms with Crippen LogP contribution in [0.5, 0.6) is 0 Å². The maximum absolute atomic E-state index is 5.90. The third-order valence-electron chi connectivity index (χ3n) is 5.54. The minimum atomic E-state index is 0.505. The Morgan fingerprint density at radius 3 is 2.76 bits per heavy atom. The van der Waals surface area contributed by atoms with Gasteiger partial charge in [-0.3, -0.25) is 0 Å². The van der Waals surface area contributed by atoms with Crippen molar-refractivity contribution in [2.75, 3.05) is 23.7 Å². The van der Waals surface area contributed by atoms with Gasteiger partial charge in [0.2, 0.25) is 5.95 Å². The number of nitrogens with one attached hydrogen (secondary N) is 2. The van der Waals surface area contributed by atoms with Gasteiger partial charge in [-0.25, -0.2) is 9.97 Å². The molecular formula is C25H34N6S2. The molecule has 0 saturated heterocycles. The van der Waals surface area contributed by atoms with E-state index in [1.807, 2.05) is 13.0 Å². The molecule has 0 fully saturated rings.